The number of ether oxygens (including phenoxy) is 4. The van der Waals surface area contributed by atoms with Gasteiger partial charge in [-0.1, -0.05) is 45.9 Å². The van der Waals surface area contributed by atoms with Crippen molar-refractivity contribution >= 4 is 37.0 Å². The third kappa shape index (κ3) is 5.72. The molecule has 3 aromatic rings. The van der Waals surface area contributed by atoms with Gasteiger partial charge >= 0.3 is 25.7 Å². The fourth-order valence-corrected chi connectivity index (χ4v) is 7.25. The van der Waals surface area contributed by atoms with E-state index in [1.807, 2.05) is 0 Å². The lowest BCUT2D eigenvalue weighted by Gasteiger charge is -2.31. The molecule has 248 valence electrons. The highest BCUT2D eigenvalue weighted by atomic mass is 31.2. The Morgan fingerprint density at radius 2 is 1.70 bits per heavy atom. The number of hydrogen-bond donors (Lipinski definition) is 2. The summed E-state index contributed by atoms with van der Waals surface area (Å²) in [5.41, 5.74) is 3.63. The van der Waals surface area contributed by atoms with Crippen LogP contribution in [0.25, 0.3) is 5.52 Å². The van der Waals surface area contributed by atoms with Gasteiger partial charge in [0.15, 0.2) is 11.9 Å². The van der Waals surface area contributed by atoms with Crippen molar-refractivity contribution in [1.29, 1.82) is 0 Å². The number of nitrogens with one attached hydrogen (secondary N) is 1. The molecule has 16 heteroatoms. The van der Waals surface area contributed by atoms with Crippen LogP contribution in [0.4, 0.5) is 5.82 Å². The lowest BCUT2D eigenvalue weighted by Crippen LogP contribution is -2.44. The Morgan fingerprint density at radius 3 is 2.33 bits per heavy atom. The number of fused-ring (bicyclic) bond motifs is 2. The zero-order valence-electron chi connectivity index (χ0n) is 26.5. The average molecular weight is 660 g/mol. The van der Waals surface area contributed by atoms with Gasteiger partial charge < -0.3 is 29.2 Å². The minimum absolute atomic E-state index is 0.165. The molecule has 1 aromatic carbocycles. The zero-order chi connectivity index (χ0) is 33.6. The van der Waals surface area contributed by atoms with Gasteiger partial charge in [-0.3, -0.25) is 18.9 Å². The van der Waals surface area contributed by atoms with Crippen LogP contribution < -0.4 is 15.3 Å². The van der Waals surface area contributed by atoms with Gasteiger partial charge in [0.05, 0.1) is 24.6 Å². The molecular weight excluding hydrogens is 621 g/mol. The van der Waals surface area contributed by atoms with Gasteiger partial charge in [-0.2, -0.15) is 10.2 Å². The van der Waals surface area contributed by atoms with E-state index in [4.69, 9.17) is 33.7 Å². The van der Waals surface area contributed by atoms with Crippen LogP contribution in [0.2, 0.25) is 0 Å². The van der Waals surface area contributed by atoms with Crippen molar-refractivity contribution in [2.45, 2.75) is 77.1 Å². The maximum atomic E-state index is 14.5. The van der Waals surface area contributed by atoms with Gasteiger partial charge in [-0.25, -0.2) is 14.1 Å². The summed E-state index contributed by atoms with van der Waals surface area (Å²) in [6.07, 6.45) is -2.38. The summed E-state index contributed by atoms with van der Waals surface area (Å²) in [5, 5.41) is 6.90. The molecular formula is C30H38N5O10P. The first-order valence-electron chi connectivity index (χ1n) is 14.8. The Hall–Kier alpha value is -4.04. The van der Waals surface area contributed by atoms with E-state index in [0.29, 0.717) is 11.2 Å². The highest BCUT2D eigenvalue weighted by molar-refractivity contribution is 7.52. The van der Waals surface area contributed by atoms with Crippen LogP contribution in [-0.2, 0) is 42.4 Å². The van der Waals surface area contributed by atoms with Crippen molar-refractivity contribution in [3.63, 3.8) is 0 Å². The molecule has 46 heavy (non-hydrogen) atoms. The number of anilines is 1. The second kappa shape index (κ2) is 12.3. The predicted molar refractivity (Wildman–Crippen MR) is 162 cm³/mol. The molecule has 0 spiro atoms. The van der Waals surface area contributed by atoms with Crippen LogP contribution in [0.15, 0.2) is 48.8 Å². The zero-order valence-corrected chi connectivity index (χ0v) is 27.4. The molecule has 3 N–H and O–H groups in total. The number of methoxy groups -OCH3 is 1. The normalized spacial score (nSPS) is 27.1. The highest BCUT2D eigenvalue weighted by Gasteiger charge is 2.91. The number of nitrogen functional groups attached to an aromatic ring is 1. The van der Waals surface area contributed by atoms with Crippen LogP contribution in [-0.4, -0.2) is 69.1 Å². The third-order valence-electron chi connectivity index (χ3n) is 8.03. The molecule has 1 saturated heterocycles. The smallest absolute Gasteiger partial charge is 0.459 e. The number of nitrogens with zero attached hydrogens (tertiary/aromatic N) is 3. The van der Waals surface area contributed by atoms with Gasteiger partial charge in [0.1, 0.15) is 41.4 Å². The number of esters is 3. The monoisotopic (exact) mass is 659 g/mol. The first kappa shape index (κ1) is 33.3. The standard InChI is InChI=1S/C30H38N5O10P/c1-16(2)25(36)41-23-22(20-13-14-21-24(31)32-15-33-35(20)21)42-29(6)28(30(23,29)43-26(37)17(3)4)45-46(39,34-18(5)27(38)40-7)44-19-11-9-8-10-12-19/h8-18,22-23,28H,1-7H3,(H,34,39)(H2,31,32,33)/t18-,22-,23-,28?,29+,30+,46?/m0/s1. The summed E-state index contributed by atoms with van der Waals surface area (Å²) in [6, 6.07) is 10.4. The molecule has 2 aromatic heterocycles. The van der Waals surface area contributed by atoms with Crippen LogP contribution in [0, 0.1) is 11.8 Å². The van der Waals surface area contributed by atoms with Gasteiger partial charge in [-0.15, -0.1) is 0 Å². The van der Waals surface area contributed by atoms with Crippen LogP contribution >= 0.6 is 7.75 Å². The van der Waals surface area contributed by atoms with Crippen molar-refractivity contribution < 1.29 is 46.9 Å². The molecule has 1 aliphatic carbocycles. The van der Waals surface area contributed by atoms with Crippen molar-refractivity contribution in [3.8, 4) is 5.75 Å². The summed E-state index contributed by atoms with van der Waals surface area (Å²) >= 11 is 0. The summed E-state index contributed by atoms with van der Waals surface area (Å²) in [6.45, 7) is 9.60. The number of benzene rings is 1. The lowest BCUT2D eigenvalue weighted by atomic mass is 10.0. The largest absolute Gasteiger partial charge is 0.468 e. The molecule has 3 heterocycles. The molecule has 0 bridgehead atoms. The highest BCUT2D eigenvalue weighted by Crippen LogP contribution is 2.71. The maximum Gasteiger partial charge on any atom is 0.459 e. The van der Waals surface area contributed by atoms with Gasteiger partial charge in [0.25, 0.3) is 0 Å². The van der Waals surface area contributed by atoms with Crippen LogP contribution in [0.3, 0.4) is 0 Å². The minimum atomic E-state index is -4.47. The Balaban J connectivity index is 1.61. The molecule has 5 rings (SSSR count). The van der Waals surface area contributed by atoms with E-state index in [1.54, 1.807) is 77.1 Å². The maximum absolute atomic E-state index is 14.5. The molecule has 15 nitrogen and oxygen atoms in total. The third-order valence-corrected chi connectivity index (χ3v) is 9.67. The van der Waals surface area contributed by atoms with Gasteiger partial charge in [-0.05, 0) is 38.1 Å². The first-order chi connectivity index (χ1) is 21.7. The molecule has 2 fully saturated rings. The molecule has 2 unspecified atom stereocenters. The Kier molecular flexibility index (Phi) is 8.90. The minimum Gasteiger partial charge on any atom is -0.468 e. The molecule has 0 amide bonds. The lowest BCUT2D eigenvalue weighted by molar-refractivity contribution is -0.181. The van der Waals surface area contributed by atoms with E-state index in [1.165, 1.54) is 24.9 Å². The molecule has 1 aliphatic heterocycles. The van der Waals surface area contributed by atoms with E-state index < -0.39 is 73.0 Å². The Bertz CT molecular complexity index is 1680. The van der Waals surface area contributed by atoms with E-state index in [2.05, 4.69) is 15.2 Å². The van der Waals surface area contributed by atoms with Gasteiger partial charge in [0.2, 0.25) is 5.60 Å². The van der Waals surface area contributed by atoms with Crippen molar-refractivity contribution in [2.75, 3.05) is 12.8 Å². The number of aromatic nitrogens is 3. The number of nitrogens with two attached hydrogens (primary N) is 1. The van der Waals surface area contributed by atoms with Crippen molar-refractivity contribution in [1.82, 2.24) is 19.7 Å². The van der Waals surface area contributed by atoms with Crippen LogP contribution in [0.5, 0.6) is 5.75 Å². The fraction of sp³-hybridized carbons (Fsp3) is 0.500. The number of carbonyl (C=O) groups excluding carboxylic acids is 3. The van der Waals surface area contributed by atoms with Crippen LogP contribution in [0.1, 0.15) is 53.3 Å². The topological polar surface area (TPSA) is 192 Å². The van der Waals surface area contributed by atoms with Crippen molar-refractivity contribution in [3.05, 3.63) is 54.5 Å². The molecule has 7 atom stereocenters. The first-order valence-corrected chi connectivity index (χ1v) is 16.3. The summed E-state index contributed by atoms with van der Waals surface area (Å²) in [5.74, 6) is -2.79. The second-order valence-corrected chi connectivity index (χ2v) is 13.6. The summed E-state index contributed by atoms with van der Waals surface area (Å²) in [4.78, 5) is 42.9. The SMILES string of the molecule is COC(=O)[C@H](C)NP(=O)(Oc1ccccc1)OC1[C@@]2(C)O[C@@H](c3ccc4c(N)ncnn34)[C@H](OC(=O)C(C)C)[C@@]12OC(=O)C(C)C. The molecule has 2 aliphatic rings. The van der Waals surface area contributed by atoms with E-state index in [0.717, 1.165) is 0 Å². The number of hydrogen-bond acceptors (Lipinski definition) is 13. The Morgan fingerprint density at radius 1 is 1.02 bits per heavy atom. The quantitative estimate of drug-likeness (QED) is 0.163. The second-order valence-electron chi connectivity index (χ2n) is 12.0. The number of para-hydroxylation sites is 1. The van der Waals surface area contributed by atoms with E-state index >= 15 is 0 Å². The van der Waals surface area contributed by atoms with E-state index in [-0.39, 0.29) is 11.6 Å². The van der Waals surface area contributed by atoms with E-state index in [9.17, 15) is 18.9 Å². The molecule has 1 saturated carbocycles. The molecule has 0 radical (unpaired) electrons. The summed E-state index contributed by atoms with van der Waals surface area (Å²) in [7, 11) is -3.29. The van der Waals surface area contributed by atoms with Crippen molar-refractivity contribution in [2.24, 2.45) is 11.8 Å². The fourth-order valence-electron chi connectivity index (χ4n) is 5.48. The summed E-state index contributed by atoms with van der Waals surface area (Å²) < 4.78 is 51.5. The number of rotatable bonds is 12. The number of carbonyl (C=O) groups is 3. The Labute approximate surface area is 265 Å². The average Bonchev–Trinajstić information content (AvgIpc) is 3.28. The predicted octanol–water partition coefficient (Wildman–Crippen LogP) is 3.38. The van der Waals surface area contributed by atoms with Gasteiger partial charge in [0, 0.05) is 0 Å².